The molecule has 1 aliphatic carbocycles. The van der Waals surface area contributed by atoms with E-state index in [-0.39, 0.29) is 18.1 Å². The first-order valence-corrected chi connectivity index (χ1v) is 11.9. The molecule has 0 saturated carbocycles. The van der Waals surface area contributed by atoms with E-state index >= 15 is 0 Å². The Balaban J connectivity index is 1.68. The van der Waals surface area contributed by atoms with Gasteiger partial charge in [0.25, 0.3) is 5.91 Å². The second kappa shape index (κ2) is 11.2. The first kappa shape index (κ1) is 25.3. The third-order valence-electron chi connectivity index (χ3n) is 5.51. The number of hydrogen-bond donors (Lipinski definition) is 2. The van der Waals surface area contributed by atoms with Gasteiger partial charge < -0.3 is 24.6 Å². The number of methoxy groups -OCH3 is 1. The van der Waals surface area contributed by atoms with E-state index in [1.807, 2.05) is 0 Å². The van der Waals surface area contributed by atoms with Gasteiger partial charge in [-0.2, -0.15) is 0 Å². The predicted molar refractivity (Wildman–Crippen MR) is 129 cm³/mol. The largest absolute Gasteiger partial charge is 0.504 e. The van der Waals surface area contributed by atoms with Gasteiger partial charge in [0.05, 0.1) is 19.3 Å². The van der Waals surface area contributed by atoms with Crippen molar-refractivity contribution in [2.45, 2.75) is 46.1 Å². The Morgan fingerprint density at radius 2 is 2.09 bits per heavy atom. The Morgan fingerprint density at radius 3 is 2.79 bits per heavy atom. The second-order valence-corrected chi connectivity index (χ2v) is 9.21. The molecule has 1 aliphatic rings. The maximum Gasteiger partial charge on any atom is 0.341 e. The average Bonchev–Trinajstić information content (AvgIpc) is 3.15. The summed E-state index contributed by atoms with van der Waals surface area (Å²) in [5.74, 6) is -0.940. The maximum atomic E-state index is 12.8. The molecule has 2 aromatic rings. The lowest BCUT2D eigenvalue weighted by atomic mass is 9.88. The Hall–Kier alpha value is -3.33. The fourth-order valence-electron chi connectivity index (χ4n) is 3.70. The Bertz CT molecular complexity index is 1100. The number of fused-ring (bicyclic) bond motifs is 1. The van der Waals surface area contributed by atoms with Crippen LogP contribution < -0.4 is 10.1 Å². The van der Waals surface area contributed by atoms with Gasteiger partial charge in [-0.15, -0.1) is 11.3 Å². The molecule has 8 nitrogen and oxygen atoms in total. The minimum absolute atomic E-state index is 0.0144. The number of carbonyl (C=O) groups is 3. The number of benzene rings is 1. The maximum absolute atomic E-state index is 12.8. The number of carbonyl (C=O) groups excluding carboxylic acids is 3. The van der Waals surface area contributed by atoms with Crippen molar-refractivity contribution in [3.8, 4) is 11.5 Å². The second-order valence-electron chi connectivity index (χ2n) is 8.11. The Kier molecular flexibility index (Phi) is 8.33. The van der Waals surface area contributed by atoms with Crippen LogP contribution in [-0.2, 0) is 31.9 Å². The lowest BCUT2D eigenvalue weighted by molar-refractivity contribution is -0.148. The summed E-state index contributed by atoms with van der Waals surface area (Å²) in [4.78, 5) is 38.7. The predicted octanol–water partition coefficient (Wildman–Crippen LogP) is 4.35. The molecule has 2 unspecified atom stereocenters. The summed E-state index contributed by atoms with van der Waals surface area (Å²) in [6.45, 7) is 5.60. The summed E-state index contributed by atoms with van der Waals surface area (Å²) in [6, 6.07) is 4.61. The van der Waals surface area contributed by atoms with Crippen LogP contribution >= 0.6 is 11.3 Å². The molecular weight excluding hydrogens is 458 g/mol. The standard InChI is InChI=1S/C25H29NO7S/c1-5-32-25(30)22-17-9-6-14(2)12-20(17)34-24(22)26-23(29)15(3)33-21(28)11-8-16-7-10-18(27)19(13-16)31-4/h7-8,10-11,13-15,27H,5-6,9,12H2,1-4H3,(H,26,29)/b11-8+. The van der Waals surface area contributed by atoms with Crippen molar-refractivity contribution in [3.63, 3.8) is 0 Å². The third-order valence-corrected chi connectivity index (χ3v) is 6.68. The minimum atomic E-state index is -1.08. The number of amides is 1. The summed E-state index contributed by atoms with van der Waals surface area (Å²) in [5, 5.41) is 12.8. The van der Waals surface area contributed by atoms with Crippen molar-refractivity contribution >= 4 is 40.3 Å². The smallest absolute Gasteiger partial charge is 0.341 e. The molecule has 0 fully saturated rings. The van der Waals surface area contributed by atoms with Gasteiger partial charge in [-0.05, 0) is 68.4 Å². The van der Waals surface area contributed by atoms with Gasteiger partial charge in [0.15, 0.2) is 17.6 Å². The van der Waals surface area contributed by atoms with Crippen LogP contribution in [0.25, 0.3) is 6.08 Å². The highest BCUT2D eigenvalue weighted by atomic mass is 32.1. The average molecular weight is 488 g/mol. The molecular formula is C25H29NO7S. The molecule has 1 heterocycles. The quantitative estimate of drug-likeness (QED) is 0.421. The lowest BCUT2D eigenvalue weighted by Crippen LogP contribution is -2.29. The van der Waals surface area contributed by atoms with Gasteiger partial charge in [0.1, 0.15) is 5.00 Å². The van der Waals surface area contributed by atoms with Gasteiger partial charge >= 0.3 is 11.9 Å². The SMILES string of the molecule is CCOC(=O)c1c(NC(=O)C(C)OC(=O)/C=C/c2ccc(O)c(OC)c2)sc2c1CCC(C)C2. The number of aromatic hydroxyl groups is 1. The van der Waals surface area contributed by atoms with E-state index in [9.17, 15) is 19.5 Å². The van der Waals surface area contributed by atoms with Gasteiger partial charge in [-0.3, -0.25) is 4.79 Å². The van der Waals surface area contributed by atoms with Crippen LogP contribution in [-0.4, -0.2) is 42.8 Å². The molecule has 1 amide bonds. The fraction of sp³-hybridized carbons (Fsp3) is 0.400. The van der Waals surface area contributed by atoms with E-state index in [1.165, 1.54) is 43.6 Å². The summed E-state index contributed by atoms with van der Waals surface area (Å²) in [5.41, 5.74) is 1.96. The molecule has 0 spiro atoms. The number of phenols is 1. The highest BCUT2D eigenvalue weighted by Gasteiger charge is 2.30. The van der Waals surface area contributed by atoms with Crippen molar-refractivity contribution in [2.75, 3.05) is 19.0 Å². The Morgan fingerprint density at radius 1 is 1.32 bits per heavy atom. The molecule has 0 radical (unpaired) electrons. The van der Waals surface area contributed by atoms with Gasteiger partial charge in [0.2, 0.25) is 0 Å². The van der Waals surface area contributed by atoms with Crippen molar-refractivity contribution < 1.29 is 33.7 Å². The molecule has 2 atom stereocenters. The third kappa shape index (κ3) is 5.96. The molecule has 2 N–H and O–H groups in total. The van der Waals surface area contributed by atoms with E-state index in [1.54, 1.807) is 19.1 Å². The number of nitrogens with one attached hydrogen (secondary N) is 1. The molecule has 0 bridgehead atoms. The van der Waals surface area contributed by atoms with Crippen LogP contribution in [0, 0.1) is 5.92 Å². The van der Waals surface area contributed by atoms with E-state index < -0.39 is 23.9 Å². The summed E-state index contributed by atoms with van der Waals surface area (Å²) in [7, 11) is 1.43. The monoisotopic (exact) mass is 487 g/mol. The molecule has 34 heavy (non-hydrogen) atoms. The van der Waals surface area contributed by atoms with Crippen molar-refractivity contribution in [1.29, 1.82) is 0 Å². The molecule has 0 aliphatic heterocycles. The lowest BCUT2D eigenvalue weighted by Gasteiger charge is -2.18. The number of esters is 2. The number of phenolic OH excluding ortho intramolecular Hbond substituents is 1. The van der Waals surface area contributed by atoms with Gasteiger partial charge in [0, 0.05) is 11.0 Å². The van der Waals surface area contributed by atoms with E-state index in [0.29, 0.717) is 22.0 Å². The Labute approximate surface area is 202 Å². The fourth-order valence-corrected chi connectivity index (χ4v) is 5.10. The van der Waals surface area contributed by atoms with Crippen LogP contribution in [0.5, 0.6) is 11.5 Å². The van der Waals surface area contributed by atoms with Crippen molar-refractivity contribution in [3.05, 3.63) is 45.8 Å². The van der Waals surface area contributed by atoms with Gasteiger partial charge in [-0.25, -0.2) is 9.59 Å². The summed E-state index contributed by atoms with van der Waals surface area (Å²) < 4.78 is 15.5. The first-order valence-electron chi connectivity index (χ1n) is 11.1. The molecule has 3 rings (SSSR count). The topological polar surface area (TPSA) is 111 Å². The zero-order chi connectivity index (χ0) is 24.8. The number of ether oxygens (including phenoxy) is 3. The molecule has 182 valence electrons. The number of rotatable bonds is 8. The molecule has 1 aromatic heterocycles. The summed E-state index contributed by atoms with van der Waals surface area (Å²) in [6.07, 6.45) is 4.16. The number of thiophene rings is 1. The van der Waals surface area contributed by atoms with Crippen LogP contribution in [0.2, 0.25) is 0 Å². The first-order chi connectivity index (χ1) is 16.2. The van der Waals surface area contributed by atoms with Crippen LogP contribution in [0.4, 0.5) is 5.00 Å². The van der Waals surface area contributed by atoms with Gasteiger partial charge in [-0.1, -0.05) is 13.0 Å². The van der Waals surface area contributed by atoms with E-state index in [2.05, 4.69) is 12.2 Å². The van der Waals surface area contributed by atoms with Crippen molar-refractivity contribution in [2.24, 2.45) is 5.92 Å². The van der Waals surface area contributed by atoms with E-state index in [4.69, 9.17) is 14.2 Å². The number of anilines is 1. The zero-order valence-corrected chi connectivity index (χ0v) is 20.5. The minimum Gasteiger partial charge on any atom is -0.504 e. The van der Waals surface area contributed by atoms with Crippen molar-refractivity contribution in [1.82, 2.24) is 0 Å². The van der Waals surface area contributed by atoms with Crippen LogP contribution in [0.3, 0.4) is 0 Å². The number of hydrogen-bond acceptors (Lipinski definition) is 8. The normalized spacial score (nSPS) is 15.9. The zero-order valence-electron chi connectivity index (χ0n) is 19.7. The molecule has 0 saturated heterocycles. The van der Waals surface area contributed by atoms with Crippen LogP contribution in [0.1, 0.15) is 53.6 Å². The van der Waals surface area contributed by atoms with Crippen LogP contribution in [0.15, 0.2) is 24.3 Å². The van der Waals surface area contributed by atoms with E-state index in [0.717, 1.165) is 29.7 Å². The molecule has 9 heteroatoms. The molecule has 1 aromatic carbocycles. The highest BCUT2D eigenvalue weighted by molar-refractivity contribution is 7.17. The highest BCUT2D eigenvalue weighted by Crippen LogP contribution is 2.40. The summed E-state index contributed by atoms with van der Waals surface area (Å²) >= 11 is 1.38.